The number of carbonyl (C=O) groups is 1. The Kier molecular flexibility index (Phi) is 6.46. The molecular weight excluding hydrogens is 380 g/mol. The largest absolute Gasteiger partial charge is 0.396 e. The number of likely N-dealkylation sites (N-methyl/N-ethyl adjacent to an activating group) is 1. The highest BCUT2D eigenvalue weighted by Gasteiger charge is 2.16. The van der Waals surface area contributed by atoms with Crippen molar-refractivity contribution in [1.82, 2.24) is 19.9 Å². The molecule has 156 valence electrons. The van der Waals surface area contributed by atoms with Crippen LogP contribution in [0.3, 0.4) is 0 Å². The molecule has 0 spiro atoms. The standard InChI is InChI=1S/C22H26N6O2/c1-14-13-26-20(25-10-9-16-7-5-4-6-8-16)22(30)28(14)21-18(23)11-17(15(2)27-21)12-19(29)24-3/h4-8,11,13H,9-10,12,23H2,1-3H3,(H,24,29)(H,25,26). The molecule has 1 aromatic carbocycles. The van der Waals surface area contributed by atoms with Crippen LogP contribution in [0, 0.1) is 13.8 Å². The number of aromatic nitrogens is 3. The number of nitrogens with zero attached hydrogens (tertiary/aromatic N) is 3. The first-order valence-electron chi connectivity index (χ1n) is 9.74. The van der Waals surface area contributed by atoms with E-state index in [0.29, 0.717) is 29.4 Å². The zero-order valence-electron chi connectivity index (χ0n) is 17.4. The van der Waals surface area contributed by atoms with Gasteiger partial charge in [-0.15, -0.1) is 0 Å². The maximum atomic E-state index is 13.1. The van der Waals surface area contributed by atoms with E-state index in [1.54, 1.807) is 33.2 Å². The minimum Gasteiger partial charge on any atom is -0.396 e. The molecule has 0 aliphatic carbocycles. The minimum atomic E-state index is -0.319. The van der Waals surface area contributed by atoms with Gasteiger partial charge >= 0.3 is 0 Å². The number of aryl methyl sites for hydroxylation is 2. The fourth-order valence-electron chi connectivity index (χ4n) is 3.16. The Morgan fingerprint density at radius 1 is 1.20 bits per heavy atom. The number of nitrogen functional groups attached to an aromatic ring is 1. The van der Waals surface area contributed by atoms with E-state index in [-0.39, 0.29) is 23.7 Å². The van der Waals surface area contributed by atoms with Crippen LogP contribution in [-0.4, -0.2) is 34.0 Å². The Hall–Kier alpha value is -3.68. The Morgan fingerprint density at radius 3 is 2.63 bits per heavy atom. The SMILES string of the molecule is CNC(=O)Cc1cc(N)c(-n2c(C)cnc(NCCc3ccccc3)c2=O)nc1C. The molecule has 0 saturated heterocycles. The number of amides is 1. The van der Waals surface area contributed by atoms with E-state index in [2.05, 4.69) is 20.6 Å². The second-order valence-electron chi connectivity index (χ2n) is 7.05. The molecule has 0 aliphatic heterocycles. The van der Waals surface area contributed by atoms with Gasteiger partial charge in [0.15, 0.2) is 11.6 Å². The third-order valence-electron chi connectivity index (χ3n) is 4.86. The van der Waals surface area contributed by atoms with E-state index in [4.69, 9.17) is 5.73 Å². The Balaban J connectivity index is 1.89. The molecule has 8 nitrogen and oxygen atoms in total. The van der Waals surface area contributed by atoms with Crippen molar-refractivity contribution in [3.8, 4) is 5.82 Å². The quantitative estimate of drug-likeness (QED) is 0.551. The highest BCUT2D eigenvalue weighted by molar-refractivity contribution is 5.79. The van der Waals surface area contributed by atoms with Gasteiger partial charge in [0.2, 0.25) is 5.91 Å². The molecule has 0 unspecified atom stereocenters. The van der Waals surface area contributed by atoms with Gasteiger partial charge in [-0.25, -0.2) is 9.97 Å². The summed E-state index contributed by atoms with van der Waals surface area (Å²) in [7, 11) is 1.58. The first-order valence-corrected chi connectivity index (χ1v) is 9.74. The molecule has 4 N–H and O–H groups in total. The maximum absolute atomic E-state index is 13.1. The van der Waals surface area contributed by atoms with Crippen molar-refractivity contribution in [2.45, 2.75) is 26.7 Å². The summed E-state index contributed by atoms with van der Waals surface area (Å²) in [6.07, 6.45) is 2.56. The number of benzene rings is 1. The van der Waals surface area contributed by atoms with Crippen molar-refractivity contribution in [3.63, 3.8) is 0 Å². The molecule has 2 heterocycles. The number of pyridine rings is 1. The predicted octanol–water partition coefficient (Wildman–Crippen LogP) is 1.77. The molecule has 0 fully saturated rings. The zero-order chi connectivity index (χ0) is 21.7. The third kappa shape index (κ3) is 4.65. The van der Waals surface area contributed by atoms with Gasteiger partial charge in [-0.05, 0) is 37.5 Å². The molecule has 0 radical (unpaired) electrons. The number of nitrogens with one attached hydrogen (secondary N) is 2. The van der Waals surface area contributed by atoms with Gasteiger partial charge in [-0.1, -0.05) is 30.3 Å². The number of hydrogen-bond acceptors (Lipinski definition) is 6. The maximum Gasteiger partial charge on any atom is 0.299 e. The number of nitrogens with two attached hydrogens (primary N) is 1. The molecule has 2 aromatic heterocycles. The van der Waals surface area contributed by atoms with Crippen LogP contribution in [0.4, 0.5) is 11.5 Å². The van der Waals surface area contributed by atoms with Crippen LogP contribution in [0.2, 0.25) is 0 Å². The van der Waals surface area contributed by atoms with Crippen molar-refractivity contribution < 1.29 is 4.79 Å². The van der Waals surface area contributed by atoms with Gasteiger partial charge in [-0.3, -0.25) is 14.2 Å². The molecule has 8 heteroatoms. The molecule has 1 amide bonds. The van der Waals surface area contributed by atoms with E-state index in [0.717, 1.165) is 12.0 Å². The lowest BCUT2D eigenvalue weighted by molar-refractivity contribution is -0.119. The molecule has 0 aliphatic rings. The summed E-state index contributed by atoms with van der Waals surface area (Å²) in [5, 5.41) is 5.70. The van der Waals surface area contributed by atoms with Crippen LogP contribution in [0.1, 0.15) is 22.5 Å². The van der Waals surface area contributed by atoms with Crippen molar-refractivity contribution in [2.75, 3.05) is 24.6 Å². The summed E-state index contributed by atoms with van der Waals surface area (Å²) >= 11 is 0. The van der Waals surface area contributed by atoms with Gasteiger partial charge in [0.1, 0.15) is 0 Å². The van der Waals surface area contributed by atoms with Gasteiger partial charge in [0.25, 0.3) is 5.56 Å². The van der Waals surface area contributed by atoms with Crippen LogP contribution in [0.25, 0.3) is 5.82 Å². The van der Waals surface area contributed by atoms with E-state index in [1.165, 1.54) is 10.1 Å². The van der Waals surface area contributed by atoms with Crippen LogP contribution >= 0.6 is 0 Å². The number of carbonyl (C=O) groups excluding carboxylic acids is 1. The second-order valence-corrected chi connectivity index (χ2v) is 7.05. The van der Waals surface area contributed by atoms with Crippen molar-refractivity contribution >= 4 is 17.4 Å². The molecule has 0 bridgehead atoms. The highest BCUT2D eigenvalue weighted by Crippen LogP contribution is 2.20. The lowest BCUT2D eigenvalue weighted by Crippen LogP contribution is -2.28. The second kappa shape index (κ2) is 9.21. The van der Waals surface area contributed by atoms with E-state index >= 15 is 0 Å². The Morgan fingerprint density at radius 2 is 1.93 bits per heavy atom. The molecule has 3 rings (SSSR count). The van der Waals surface area contributed by atoms with Crippen molar-refractivity contribution in [3.05, 3.63) is 75.5 Å². The van der Waals surface area contributed by atoms with Crippen LogP contribution in [-0.2, 0) is 17.6 Å². The van der Waals surface area contributed by atoms with E-state index < -0.39 is 0 Å². The smallest absolute Gasteiger partial charge is 0.299 e. The third-order valence-corrected chi connectivity index (χ3v) is 4.86. The predicted molar refractivity (Wildman–Crippen MR) is 118 cm³/mol. The lowest BCUT2D eigenvalue weighted by Gasteiger charge is -2.15. The van der Waals surface area contributed by atoms with Gasteiger partial charge < -0.3 is 16.4 Å². The molecule has 0 saturated carbocycles. The average Bonchev–Trinajstić information content (AvgIpc) is 2.73. The van der Waals surface area contributed by atoms with Crippen LogP contribution in [0.5, 0.6) is 0 Å². The van der Waals surface area contributed by atoms with Crippen molar-refractivity contribution in [2.24, 2.45) is 0 Å². The first kappa shape index (κ1) is 21.0. The average molecular weight is 406 g/mol. The zero-order valence-corrected chi connectivity index (χ0v) is 17.4. The van der Waals surface area contributed by atoms with Crippen LogP contribution < -0.4 is 21.9 Å². The summed E-state index contributed by atoms with van der Waals surface area (Å²) in [6, 6.07) is 11.7. The highest BCUT2D eigenvalue weighted by atomic mass is 16.1. The number of rotatable bonds is 7. The van der Waals surface area contributed by atoms with Crippen LogP contribution in [0.15, 0.2) is 47.4 Å². The molecule has 0 atom stereocenters. The Labute approximate surface area is 175 Å². The summed E-state index contributed by atoms with van der Waals surface area (Å²) in [5.74, 6) is 0.447. The van der Waals surface area contributed by atoms with Gasteiger partial charge in [-0.2, -0.15) is 0 Å². The normalized spacial score (nSPS) is 10.6. The molecule has 30 heavy (non-hydrogen) atoms. The summed E-state index contributed by atoms with van der Waals surface area (Å²) < 4.78 is 1.45. The number of anilines is 2. The van der Waals surface area contributed by atoms with E-state index in [1.807, 2.05) is 30.3 Å². The topological polar surface area (TPSA) is 115 Å². The molecular formula is C22H26N6O2. The summed E-state index contributed by atoms with van der Waals surface area (Å²) in [4.78, 5) is 33.6. The lowest BCUT2D eigenvalue weighted by atomic mass is 10.1. The fraction of sp³-hybridized carbons (Fsp3) is 0.273. The minimum absolute atomic E-state index is 0.130. The number of hydrogen-bond donors (Lipinski definition) is 3. The van der Waals surface area contributed by atoms with Gasteiger partial charge in [0, 0.05) is 31.2 Å². The molecule has 3 aromatic rings. The Bertz CT molecular complexity index is 1110. The summed E-state index contributed by atoms with van der Waals surface area (Å²) in [5.41, 5.74) is 9.37. The first-order chi connectivity index (χ1) is 14.4. The van der Waals surface area contributed by atoms with Crippen molar-refractivity contribution in [1.29, 1.82) is 0 Å². The fourth-order valence-corrected chi connectivity index (χ4v) is 3.16. The monoisotopic (exact) mass is 406 g/mol. The summed E-state index contributed by atoms with van der Waals surface area (Å²) in [6.45, 7) is 4.14. The van der Waals surface area contributed by atoms with E-state index in [9.17, 15) is 9.59 Å². The van der Waals surface area contributed by atoms with Gasteiger partial charge in [0.05, 0.1) is 12.1 Å².